The Hall–Kier alpha value is -2.64. The lowest BCUT2D eigenvalue weighted by atomic mass is 10.1. The highest BCUT2D eigenvalue weighted by molar-refractivity contribution is 5.98. The smallest absolute Gasteiger partial charge is 0.273 e. The minimum Gasteiger partial charge on any atom is -0.359 e. The Morgan fingerprint density at radius 1 is 1.38 bits per heavy atom. The van der Waals surface area contributed by atoms with Gasteiger partial charge in [-0.1, -0.05) is 6.07 Å². The minimum atomic E-state index is -0.806. The number of rotatable bonds is 3. The largest absolute Gasteiger partial charge is 0.359 e. The van der Waals surface area contributed by atoms with E-state index in [0.29, 0.717) is 18.8 Å². The van der Waals surface area contributed by atoms with Crippen LogP contribution in [0.5, 0.6) is 0 Å². The second kappa shape index (κ2) is 6.46. The molecule has 1 atom stereocenters. The lowest BCUT2D eigenvalue weighted by molar-refractivity contribution is -0.132. The Kier molecular flexibility index (Phi) is 4.37. The average molecular weight is 331 g/mol. The Morgan fingerprint density at radius 2 is 2.17 bits per heavy atom. The van der Waals surface area contributed by atoms with Crippen LogP contribution in [0.2, 0.25) is 0 Å². The second-order valence-electron chi connectivity index (χ2n) is 6.03. The van der Waals surface area contributed by atoms with Crippen LogP contribution in [0.3, 0.4) is 0 Å². The zero-order chi connectivity index (χ0) is 17.3. The SMILES string of the molecule is CNC(=O)CC1C(=O)NCCN1C(=O)c1ccc2c(n1)N(C)CC2. The van der Waals surface area contributed by atoms with Gasteiger partial charge in [-0.15, -0.1) is 0 Å². The highest BCUT2D eigenvalue weighted by Crippen LogP contribution is 2.25. The first-order valence-electron chi connectivity index (χ1n) is 8.01. The topological polar surface area (TPSA) is 94.6 Å². The number of aromatic nitrogens is 1. The molecule has 8 heteroatoms. The zero-order valence-corrected chi connectivity index (χ0v) is 13.8. The summed E-state index contributed by atoms with van der Waals surface area (Å²) in [6.07, 6.45) is 0.859. The quantitative estimate of drug-likeness (QED) is 0.752. The van der Waals surface area contributed by atoms with E-state index < -0.39 is 6.04 Å². The molecule has 3 rings (SSSR count). The molecular weight excluding hydrogens is 310 g/mol. The van der Waals surface area contributed by atoms with Crippen LogP contribution in [-0.2, 0) is 16.0 Å². The predicted octanol–water partition coefficient (Wildman–Crippen LogP) is -0.849. The maximum Gasteiger partial charge on any atom is 0.273 e. The van der Waals surface area contributed by atoms with Crippen molar-refractivity contribution >= 4 is 23.5 Å². The van der Waals surface area contributed by atoms with Crippen molar-refractivity contribution in [2.75, 3.05) is 38.6 Å². The lowest BCUT2D eigenvalue weighted by Gasteiger charge is -2.34. The van der Waals surface area contributed by atoms with Gasteiger partial charge in [0.15, 0.2) is 0 Å². The van der Waals surface area contributed by atoms with Crippen molar-refractivity contribution in [2.24, 2.45) is 0 Å². The van der Waals surface area contributed by atoms with Crippen molar-refractivity contribution in [1.82, 2.24) is 20.5 Å². The molecule has 1 aromatic rings. The molecule has 0 radical (unpaired) electrons. The maximum atomic E-state index is 12.9. The summed E-state index contributed by atoms with van der Waals surface area (Å²) < 4.78 is 0. The zero-order valence-electron chi connectivity index (χ0n) is 13.8. The number of piperazine rings is 1. The number of hydrogen-bond acceptors (Lipinski definition) is 5. The Labute approximate surface area is 140 Å². The van der Waals surface area contributed by atoms with Crippen LogP contribution in [0.25, 0.3) is 0 Å². The number of carbonyl (C=O) groups excluding carboxylic acids is 3. The van der Waals surface area contributed by atoms with Crippen LogP contribution in [0, 0.1) is 0 Å². The van der Waals surface area contributed by atoms with Gasteiger partial charge in [0.05, 0.1) is 6.42 Å². The predicted molar refractivity (Wildman–Crippen MR) is 87.7 cm³/mol. The molecule has 2 N–H and O–H groups in total. The van der Waals surface area contributed by atoms with Crippen LogP contribution in [-0.4, -0.2) is 67.4 Å². The standard InChI is InChI=1S/C16H21N5O3/c1-17-13(22)9-12-15(23)18-6-8-21(12)16(24)11-4-3-10-5-7-20(2)14(10)19-11/h3-4,12H,5-9H2,1-2H3,(H,17,22)(H,18,23). The molecule has 0 aliphatic carbocycles. The summed E-state index contributed by atoms with van der Waals surface area (Å²) >= 11 is 0. The molecule has 3 heterocycles. The van der Waals surface area contributed by atoms with Crippen LogP contribution in [0.4, 0.5) is 5.82 Å². The number of anilines is 1. The summed E-state index contributed by atoms with van der Waals surface area (Å²) in [5.74, 6) is -0.0972. The van der Waals surface area contributed by atoms with E-state index in [1.807, 2.05) is 18.0 Å². The fraction of sp³-hybridized carbons (Fsp3) is 0.500. The molecule has 1 fully saturated rings. The summed E-state index contributed by atoms with van der Waals surface area (Å²) in [6.45, 7) is 1.62. The van der Waals surface area contributed by atoms with E-state index >= 15 is 0 Å². The van der Waals surface area contributed by atoms with Gasteiger partial charge in [-0.3, -0.25) is 14.4 Å². The molecule has 2 aliphatic rings. The number of nitrogens with zero attached hydrogens (tertiary/aromatic N) is 3. The third kappa shape index (κ3) is 2.91. The molecule has 1 unspecified atom stereocenters. The van der Waals surface area contributed by atoms with Crippen LogP contribution in [0.15, 0.2) is 12.1 Å². The van der Waals surface area contributed by atoms with Crippen molar-refractivity contribution in [3.05, 3.63) is 23.4 Å². The van der Waals surface area contributed by atoms with Gasteiger partial charge >= 0.3 is 0 Å². The van der Waals surface area contributed by atoms with E-state index in [0.717, 1.165) is 24.3 Å². The summed E-state index contributed by atoms with van der Waals surface area (Å²) in [4.78, 5) is 44.6. The highest BCUT2D eigenvalue weighted by atomic mass is 16.2. The van der Waals surface area contributed by atoms with E-state index in [1.165, 1.54) is 11.9 Å². The monoisotopic (exact) mass is 331 g/mol. The summed E-state index contributed by atoms with van der Waals surface area (Å²) in [6, 6.07) is 2.81. The van der Waals surface area contributed by atoms with Gasteiger partial charge < -0.3 is 20.4 Å². The number of fused-ring (bicyclic) bond motifs is 1. The van der Waals surface area contributed by atoms with Gasteiger partial charge in [0.25, 0.3) is 5.91 Å². The molecule has 2 aliphatic heterocycles. The van der Waals surface area contributed by atoms with Crippen molar-refractivity contribution in [3.8, 4) is 0 Å². The van der Waals surface area contributed by atoms with E-state index in [1.54, 1.807) is 6.07 Å². The molecule has 24 heavy (non-hydrogen) atoms. The second-order valence-corrected chi connectivity index (χ2v) is 6.03. The third-order valence-electron chi connectivity index (χ3n) is 4.50. The van der Waals surface area contributed by atoms with Gasteiger partial charge in [0.2, 0.25) is 11.8 Å². The third-order valence-corrected chi connectivity index (χ3v) is 4.50. The van der Waals surface area contributed by atoms with E-state index in [2.05, 4.69) is 15.6 Å². The first kappa shape index (κ1) is 16.2. The summed E-state index contributed by atoms with van der Waals surface area (Å²) in [5.41, 5.74) is 1.42. The normalized spacial score (nSPS) is 19.8. The van der Waals surface area contributed by atoms with Crippen LogP contribution in [0.1, 0.15) is 22.5 Å². The first-order valence-corrected chi connectivity index (χ1v) is 8.01. The van der Waals surface area contributed by atoms with E-state index in [4.69, 9.17) is 0 Å². The van der Waals surface area contributed by atoms with E-state index in [9.17, 15) is 14.4 Å². The Balaban J connectivity index is 1.85. The van der Waals surface area contributed by atoms with Crippen molar-refractivity contribution in [2.45, 2.75) is 18.9 Å². The molecular formula is C16H21N5O3. The number of amides is 3. The molecule has 0 bridgehead atoms. The van der Waals surface area contributed by atoms with Gasteiger partial charge in [-0.25, -0.2) is 4.98 Å². The Morgan fingerprint density at radius 3 is 2.92 bits per heavy atom. The number of nitrogens with one attached hydrogen (secondary N) is 2. The maximum absolute atomic E-state index is 12.9. The lowest BCUT2D eigenvalue weighted by Crippen LogP contribution is -2.58. The van der Waals surface area contributed by atoms with Crippen molar-refractivity contribution in [1.29, 1.82) is 0 Å². The summed E-state index contributed by atoms with van der Waals surface area (Å²) in [7, 11) is 3.45. The van der Waals surface area contributed by atoms with Gasteiger partial charge in [-0.2, -0.15) is 0 Å². The molecule has 1 saturated heterocycles. The minimum absolute atomic E-state index is 0.0566. The van der Waals surface area contributed by atoms with Gasteiger partial charge in [0.1, 0.15) is 17.6 Å². The molecule has 0 spiro atoms. The van der Waals surface area contributed by atoms with Gasteiger partial charge in [0, 0.05) is 33.7 Å². The molecule has 0 aromatic carbocycles. The van der Waals surface area contributed by atoms with E-state index in [-0.39, 0.29) is 24.1 Å². The number of pyridine rings is 1. The average Bonchev–Trinajstić information content (AvgIpc) is 2.96. The van der Waals surface area contributed by atoms with Crippen molar-refractivity contribution in [3.63, 3.8) is 0 Å². The van der Waals surface area contributed by atoms with Gasteiger partial charge in [-0.05, 0) is 18.1 Å². The highest BCUT2D eigenvalue weighted by Gasteiger charge is 2.35. The number of hydrogen-bond donors (Lipinski definition) is 2. The molecule has 8 nitrogen and oxygen atoms in total. The number of carbonyl (C=O) groups is 3. The number of likely N-dealkylation sites (N-methyl/N-ethyl adjacent to an activating group) is 1. The fourth-order valence-electron chi connectivity index (χ4n) is 3.10. The summed E-state index contributed by atoms with van der Waals surface area (Å²) in [5, 5.41) is 5.20. The van der Waals surface area contributed by atoms with Crippen LogP contribution < -0.4 is 15.5 Å². The fourth-order valence-corrected chi connectivity index (χ4v) is 3.10. The Bertz CT molecular complexity index is 690. The molecule has 128 valence electrons. The van der Waals surface area contributed by atoms with Crippen LogP contribution >= 0.6 is 0 Å². The molecule has 1 aromatic heterocycles. The molecule has 0 saturated carbocycles. The first-order chi connectivity index (χ1) is 11.5. The van der Waals surface area contributed by atoms with Crippen molar-refractivity contribution < 1.29 is 14.4 Å². The molecule has 3 amide bonds.